The monoisotopic (exact) mass is 313 g/mol. The van der Waals surface area contributed by atoms with E-state index in [1.165, 1.54) is 5.56 Å². The first kappa shape index (κ1) is 13.8. The van der Waals surface area contributed by atoms with Crippen LogP contribution in [0, 0.1) is 5.92 Å². The first-order valence-electron chi connectivity index (χ1n) is 6.29. The van der Waals surface area contributed by atoms with Crippen LogP contribution in [-0.4, -0.2) is 26.9 Å². The van der Waals surface area contributed by atoms with E-state index in [4.69, 9.17) is 9.47 Å². The maximum Gasteiger partial charge on any atom is 0.120 e. The Morgan fingerprint density at radius 2 is 2.28 bits per heavy atom. The third-order valence-electron chi connectivity index (χ3n) is 3.72. The molecular formula is C14H20BrNO2. The van der Waals surface area contributed by atoms with Gasteiger partial charge in [0.25, 0.3) is 0 Å². The Bertz CT molecular complexity index is 411. The molecule has 0 radical (unpaired) electrons. The number of methoxy groups -OCH3 is 1. The second-order valence-electron chi connectivity index (χ2n) is 4.68. The molecule has 100 valence electrons. The van der Waals surface area contributed by atoms with Crippen molar-refractivity contribution in [3.8, 4) is 5.75 Å². The summed E-state index contributed by atoms with van der Waals surface area (Å²) in [5.41, 5.74) is 1.26. The molecule has 0 aliphatic carbocycles. The minimum Gasteiger partial charge on any atom is -0.497 e. The fourth-order valence-electron chi connectivity index (χ4n) is 2.67. The third-order valence-corrected chi connectivity index (χ3v) is 4.40. The van der Waals surface area contributed by atoms with Crippen LogP contribution in [0.3, 0.4) is 0 Å². The smallest absolute Gasteiger partial charge is 0.120 e. The lowest BCUT2D eigenvalue weighted by atomic mass is 9.88. The van der Waals surface area contributed by atoms with Crippen molar-refractivity contribution in [2.45, 2.75) is 25.5 Å². The molecule has 3 atom stereocenters. The highest BCUT2D eigenvalue weighted by Crippen LogP contribution is 2.37. The van der Waals surface area contributed by atoms with Crippen LogP contribution in [-0.2, 0) is 4.74 Å². The van der Waals surface area contributed by atoms with Gasteiger partial charge in [-0.15, -0.1) is 0 Å². The SMILES string of the molecule is CNC(c1ccc(OC)cc1Br)C1CCOC1C. The van der Waals surface area contributed by atoms with Crippen molar-refractivity contribution in [3.05, 3.63) is 28.2 Å². The van der Waals surface area contributed by atoms with E-state index in [9.17, 15) is 0 Å². The van der Waals surface area contributed by atoms with Gasteiger partial charge < -0.3 is 14.8 Å². The van der Waals surface area contributed by atoms with Gasteiger partial charge in [-0.25, -0.2) is 0 Å². The van der Waals surface area contributed by atoms with Gasteiger partial charge in [-0.1, -0.05) is 22.0 Å². The second kappa shape index (κ2) is 6.04. The summed E-state index contributed by atoms with van der Waals surface area (Å²) in [5, 5.41) is 3.42. The quantitative estimate of drug-likeness (QED) is 0.926. The van der Waals surface area contributed by atoms with Gasteiger partial charge in [-0.05, 0) is 38.1 Å². The van der Waals surface area contributed by atoms with Crippen molar-refractivity contribution in [3.63, 3.8) is 0 Å². The Balaban J connectivity index is 2.27. The van der Waals surface area contributed by atoms with Crippen LogP contribution >= 0.6 is 15.9 Å². The maximum absolute atomic E-state index is 5.67. The highest BCUT2D eigenvalue weighted by atomic mass is 79.9. The third kappa shape index (κ3) is 2.71. The fourth-order valence-corrected chi connectivity index (χ4v) is 3.28. The molecule has 0 bridgehead atoms. The lowest BCUT2D eigenvalue weighted by molar-refractivity contribution is 0.0962. The molecule has 1 N–H and O–H groups in total. The Labute approximate surface area is 117 Å². The summed E-state index contributed by atoms with van der Waals surface area (Å²) in [7, 11) is 3.69. The van der Waals surface area contributed by atoms with Crippen molar-refractivity contribution in [1.29, 1.82) is 0 Å². The van der Waals surface area contributed by atoms with Crippen molar-refractivity contribution < 1.29 is 9.47 Å². The van der Waals surface area contributed by atoms with Crippen LogP contribution < -0.4 is 10.1 Å². The molecule has 1 aromatic rings. The lowest BCUT2D eigenvalue weighted by Crippen LogP contribution is -2.29. The lowest BCUT2D eigenvalue weighted by Gasteiger charge is -2.27. The second-order valence-corrected chi connectivity index (χ2v) is 5.54. The molecule has 3 nitrogen and oxygen atoms in total. The van der Waals surface area contributed by atoms with Gasteiger partial charge in [0.05, 0.1) is 13.2 Å². The van der Waals surface area contributed by atoms with Gasteiger partial charge in [-0.2, -0.15) is 0 Å². The van der Waals surface area contributed by atoms with E-state index >= 15 is 0 Å². The van der Waals surface area contributed by atoms with Crippen LogP contribution in [0.4, 0.5) is 0 Å². The predicted molar refractivity (Wildman–Crippen MR) is 76.0 cm³/mol. The van der Waals surface area contributed by atoms with Gasteiger partial charge in [0, 0.05) is 23.0 Å². The van der Waals surface area contributed by atoms with Crippen LogP contribution in [0.15, 0.2) is 22.7 Å². The minimum atomic E-state index is 0.302. The summed E-state index contributed by atoms with van der Waals surface area (Å²) in [6.45, 7) is 3.01. The summed E-state index contributed by atoms with van der Waals surface area (Å²) >= 11 is 3.64. The number of rotatable bonds is 4. The van der Waals surface area contributed by atoms with Gasteiger partial charge in [0.15, 0.2) is 0 Å². The fraction of sp³-hybridized carbons (Fsp3) is 0.571. The van der Waals surface area contributed by atoms with Crippen molar-refractivity contribution in [2.24, 2.45) is 5.92 Å². The summed E-state index contributed by atoms with van der Waals surface area (Å²) in [6.07, 6.45) is 1.40. The maximum atomic E-state index is 5.67. The molecule has 1 fully saturated rings. The first-order chi connectivity index (χ1) is 8.67. The highest BCUT2D eigenvalue weighted by molar-refractivity contribution is 9.10. The molecule has 0 aromatic heterocycles. The molecular weight excluding hydrogens is 294 g/mol. The first-order valence-corrected chi connectivity index (χ1v) is 7.09. The summed E-state index contributed by atoms with van der Waals surface area (Å²) < 4.78 is 12.0. The van der Waals surface area contributed by atoms with Gasteiger partial charge in [-0.3, -0.25) is 0 Å². The Hall–Kier alpha value is -0.580. The number of benzene rings is 1. The summed E-state index contributed by atoms with van der Waals surface area (Å²) in [4.78, 5) is 0. The Morgan fingerprint density at radius 3 is 2.78 bits per heavy atom. The zero-order valence-electron chi connectivity index (χ0n) is 11.1. The van der Waals surface area contributed by atoms with Crippen molar-refractivity contribution >= 4 is 15.9 Å². The molecule has 1 aromatic carbocycles. The van der Waals surface area contributed by atoms with Crippen LogP contribution in [0.5, 0.6) is 5.75 Å². The number of nitrogens with one attached hydrogen (secondary N) is 1. The molecule has 0 spiro atoms. The molecule has 1 aliphatic heterocycles. The van der Waals surface area contributed by atoms with Crippen LogP contribution in [0.25, 0.3) is 0 Å². The van der Waals surface area contributed by atoms with Crippen LogP contribution in [0.1, 0.15) is 24.9 Å². The number of hydrogen-bond donors (Lipinski definition) is 1. The topological polar surface area (TPSA) is 30.5 Å². The summed E-state index contributed by atoms with van der Waals surface area (Å²) in [6, 6.07) is 6.45. The number of hydrogen-bond acceptors (Lipinski definition) is 3. The highest BCUT2D eigenvalue weighted by Gasteiger charge is 2.32. The Kier molecular flexibility index (Phi) is 4.65. The molecule has 2 rings (SSSR count). The molecule has 1 saturated heterocycles. The molecule has 0 saturated carbocycles. The van der Waals surface area contributed by atoms with E-state index < -0.39 is 0 Å². The molecule has 1 aliphatic rings. The van der Waals surface area contributed by atoms with Gasteiger partial charge >= 0.3 is 0 Å². The van der Waals surface area contributed by atoms with Gasteiger partial charge in [0.2, 0.25) is 0 Å². The zero-order valence-corrected chi connectivity index (χ0v) is 12.7. The van der Waals surface area contributed by atoms with E-state index in [2.05, 4.69) is 34.2 Å². The zero-order chi connectivity index (χ0) is 13.1. The summed E-state index contributed by atoms with van der Waals surface area (Å²) in [5.74, 6) is 1.39. The minimum absolute atomic E-state index is 0.302. The van der Waals surface area contributed by atoms with E-state index in [1.807, 2.05) is 19.2 Å². The predicted octanol–water partition coefficient (Wildman–Crippen LogP) is 3.14. The largest absolute Gasteiger partial charge is 0.497 e. The molecule has 3 unspecified atom stereocenters. The van der Waals surface area contributed by atoms with Crippen LogP contribution in [0.2, 0.25) is 0 Å². The van der Waals surface area contributed by atoms with E-state index in [-0.39, 0.29) is 0 Å². The van der Waals surface area contributed by atoms with E-state index in [0.29, 0.717) is 18.1 Å². The van der Waals surface area contributed by atoms with E-state index in [0.717, 1.165) is 23.2 Å². The standard InChI is InChI=1S/C14H20BrNO2/c1-9-11(6-7-18-9)14(16-2)12-5-4-10(17-3)8-13(12)15/h4-5,8-9,11,14,16H,6-7H2,1-3H3. The average Bonchev–Trinajstić information content (AvgIpc) is 2.78. The Morgan fingerprint density at radius 1 is 1.50 bits per heavy atom. The molecule has 18 heavy (non-hydrogen) atoms. The van der Waals surface area contributed by atoms with Crippen molar-refractivity contribution in [2.75, 3.05) is 20.8 Å². The average molecular weight is 314 g/mol. The number of ether oxygens (including phenoxy) is 2. The van der Waals surface area contributed by atoms with Gasteiger partial charge in [0.1, 0.15) is 5.75 Å². The normalized spacial score (nSPS) is 25.1. The van der Waals surface area contributed by atoms with E-state index in [1.54, 1.807) is 7.11 Å². The molecule has 4 heteroatoms. The molecule has 1 heterocycles. The molecule has 0 amide bonds. The number of halogens is 1. The van der Waals surface area contributed by atoms with Crippen molar-refractivity contribution in [1.82, 2.24) is 5.32 Å².